The van der Waals surface area contributed by atoms with Crippen molar-refractivity contribution in [2.45, 2.75) is 37.8 Å². The van der Waals surface area contributed by atoms with Gasteiger partial charge in [-0.1, -0.05) is 12.2 Å². The summed E-state index contributed by atoms with van der Waals surface area (Å²) in [5.74, 6) is 1.39. The molecule has 0 bridgehead atoms. The van der Waals surface area contributed by atoms with Gasteiger partial charge in [0.1, 0.15) is 23.6 Å². The van der Waals surface area contributed by atoms with Crippen molar-refractivity contribution in [3.05, 3.63) is 35.9 Å². The van der Waals surface area contributed by atoms with E-state index in [-0.39, 0.29) is 24.0 Å². The molecule has 2 saturated heterocycles. The molecular weight excluding hydrogens is 370 g/mol. The Balaban J connectivity index is 1.41. The standard InChI is InChI=1S/C22H29N3O4/c1-28-17-6-7-18(21(26)24-11-2-3-12-24)20(15-17)29-16-8-13-25(14-9-16)22(27)19-5-4-10-23-19/h4-7,15-16,19,23H,2-3,8-14H2,1H3/t19-/m1/s1. The molecule has 0 unspecified atom stereocenters. The highest BCUT2D eigenvalue weighted by Crippen LogP contribution is 2.30. The average Bonchev–Trinajstić information content (AvgIpc) is 3.47. The molecule has 2 amide bonds. The van der Waals surface area contributed by atoms with Crippen LogP contribution >= 0.6 is 0 Å². The van der Waals surface area contributed by atoms with Gasteiger partial charge in [-0.3, -0.25) is 14.9 Å². The second kappa shape index (κ2) is 8.86. The van der Waals surface area contributed by atoms with Crippen LogP contribution in [0.2, 0.25) is 0 Å². The van der Waals surface area contributed by atoms with Crippen molar-refractivity contribution < 1.29 is 19.1 Å². The lowest BCUT2D eigenvalue weighted by Crippen LogP contribution is -2.48. The summed E-state index contributed by atoms with van der Waals surface area (Å²) in [5.41, 5.74) is 0.589. The minimum Gasteiger partial charge on any atom is -0.497 e. The van der Waals surface area contributed by atoms with E-state index in [9.17, 15) is 9.59 Å². The van der Waals surface area contributed by atoms with Gasteiger partial charge in [0, 0.05) is 51.6 Å². The number of methoxy groups -OCH3 is 1. The summed E-state index contributed by atoms with van der Waals surface area (Å²) >= 11 is 0. The first-order valence-electron chi connectivity index (χ1n) is 10.5. The highest BCUT2D eigenvalue weighted by molar-refractivity contribution is 5.97. The van der Waals surface area contributed by atoms with E-state index in [1.165, 1.54) is 0 Å². The van der Waals surface area contributed by atoms with Crippen molar-refractivity contribution in [3.8, 4) is 11.5 Å². The van der Waals surface area contributed by atoms with Crippen LogP contribution in [0.4, 0.5) is 0 Å². The summed E-state index contributed by atoms with van der Waals surface area (Å²) in [6, 6.07) is 5.20. The number of nitrogens with zero attached hydrogens (tertiary/aromatic N) is 2. The van der Waals surface area contributed by atoms with Crippen LogP contribution in [0.1, 0.15) is 36.0 Å². The zero-order chi connectivity index (χ0) is 20.2. The molecule has 0 saturated carbocycles. The van der Waals surface area contributed by atoms with Gasteiger partial charge in [-0.05, 0) is 25.0 Å². The first-order valence-corrected chi connectivity index (χ1v) is 10.5. The third-order valence-electron chi connectivity index (χ3n) is 5.91. The Kier molecular flexibility index (Phi) is 6.04. The largest absolute Gasteiger partial charge is 0.497 e. The zero-order valence-corrected chi connectivity index (χ0v) is 16.9. The SMILES string of the molecule is COc1ccc(C(=O)N2CCCC2)c(OC2CCN(C(=O)[C@H]3C=CCN3)CC2)c1. The van der Waals surface area contributed by atoms with Gasteiger partial charge >= 0.3 is 0 Å². The predicted octanol–water partition coefficient (Wildman–Crippen LogP) is 1.83. The number of hydrogen-bond donors (Lipinski definition) is 1. The first-order chi connectivity index (χ1) is 14.2. The molecule has 1 aromatic carbocycles. The molecule has 3 aliphatic heterocycles. The Bertz CT molecular complexity index is 780. The minimum absolute atomic E-state index is 0.0202. The molecule has 1 N–H and O–H groups in total. The van der Waals surface area contributed by atoms with Gasteiger partial charge < -0.3 is 19.3 Å². The molecule has 0 radical (unpaired) electrons. The van der Waals surface area contributed by atoms with Crippen molar-refractivity contribution >= 4 is 11.8 Å². The fraction of sp³-hybridized carbons (Fsp3) is 0.545. The van der Waals surface area contributed by atoms with E-state index >= 15 is 0 Å². The molecule has 3 aliphatic rings. The van der Waals surface area contributed by atoms with Gasteiger partial charge in [-0.25, -0.2) is 0 Å². The molecule has 7 nitrogen and oxygen atoms in total. The van der Waals surface area contributed by atoms with E-state index < -0.39 is 0 Å². The third-order valence-corrected chi connectivity index (χ3v) is 5.91. The van der Waals surface area contributed by atoms with Crippen LogP contribution < -0.4 is 14.8 Å². The van der Waals surface area contributed by atoms with E-state index in [1.54, 1.807) is 25.3 Å². The molecule has 0 aromatic heterocycles. The van der Waals surface area contributed by atoms with E-state index in [0.29, 0.717) is 30.2 Å². The summed E-state index contributed by atoms with van der Waals surface area (Å²) in [7, 11) is 1.61. The Hall–Kier alpha value is -2.54. The van der Waals surface area contributed by atoms with Crippen LogP contribution in [-0.4, -0.2) is 73.6 Å². The van der Waals surface area contributed by atoms with Crippen LogP contribution in [0.25, 0.3) is 0 Å². The maximum atomic E-state index is 12.9. The average molecular weight is 399 g/mol. The number of piperidine rings is 1. The number of carbonyl (C=O) groups is 2. The van der Waals surface area contributed by atoms with Crippen LogP contribution in [0, 0.1) is 0 Å². The monoisotopic (exact) mass is 399 g/mol. The molecule has 4 rings (SSSR count). The van der Waals surface area contributed by atoms with Gasteiger partial charge in [0.15, 0.2) is 0 Å². The lowest BCUT2D eigenvalue weighted by molar-refractivity contribution is -0.133. The van der Waals surface area contributed by atoms with Crippen LogP contribution in [-0.2, 0) is 4.79 Å². The number of benzene rings is 1. The lowest BCUT2D eigenvalue weighted by atomic mass is 10.1. The summed E-state index contributed by atoms with van der Waals surface area (Å²) in [6.45, 7) is 3.67. The topological polar surface area (TPSA) is 71.1 Å². The summed E-state index contributed by atoms with van der Waals surface area (Å²) in [4.78, 5) is 29.3. The second-order valence-corrected chi connectivity index (χ2v) is 7.82. The number of hydrogen-bond acceptors (Lipinski definition) is 5. The highest BCUT2D eigenvalue weighted by Gasteiger charge is 2.30. The van der Waals surface area contributed by atoms with Crippen LogP contribution in [0.15, 0.2) is 30.4 Å². The molecule has 1 atom stereocenters. The Labute approximate surface area is 171 Å². The summed E-state index contributed by atoms with van der Waals surface area (Å²) < 4.78 is 11.6. The lowest BCUT2D eigenvalue weighted by Gasteiger charge is -2.34. The maximum Gasteiger partial charge on any atom is 0.257 e. The summed E-state index contributed by atoms with van der Waals surface area (Å²) in [6.07, 6.45) is 7.49. The third kappa shape index (κ3) is 4.40. The maximum absolute atomic E-state index is 12.9. The van der Waals surface area contributed by atoms with Crippen molar-refractivity contribution in [1.82, 2.24) is 15.1 Å². The number of ether oxygens (including phenoxy) is 2. The Morgan fingerprint density at radius 3 is 2.48 bits per heavy atom. The normalized spacial score (nSPS) is 22.2. The Morgan fingerprint density at radius 1 is 1.07 bits per heavy atom. The van der Waals surface area contributed by atoms with Crippen molar-refractivity contribution in [1.29, 1.82) is 0 Å². The zero-order valence-electron chi connectivity index (χ0n) is 16.9. The fourth-order valence-electron chi connectivity index (χ4n) is 4.20. The quantitative estimate of drug-likeness (QED) is 0.765. The number of carbonyl (C=O) groups excluding carboxylic acids is 2. The van der Waals surface area contributed by atoms with Gasteiger partial charge in [-0.2, -0.15) is 0 Å². The number of nitrogens with one attached hydrogen (secondary N) is 1. The van der Waals surface area contributed by atoms with E-state index in [2.05, 4.69) is 5.32 Å². The predicted molar refractivity (Wildman–Crippen MR) is 109 cm³/mol. The smallest absolute Gasteiger partial charge is 0.257 e. The minimum atomic E-state index is -0.199. The molecular formula is C22H29N3O4. The molecule has 0 aliphatic carbocycles. The Morgan fingerprint density at radius 2 is 1.83 bits per heavy atom. The summed E-state index contributed by atoms with van der Waals surface area (Å²) in [5, 5.41) is 3.17. The number of amides is 2. The van der Waals surface area contributed by atoms with E-state index in [4.69, 9.17) is 9.47 Å². The first kappa shape index (κ1) is 19.8. The fourth-order valence-corrected chi connectivity index (χ4v) is 4.20. The van der Waals surface area contributed by atoms with Crippen molar-refractivity contribution in [2.75, 3.05) is 39.8 Å². The molecule has 29 heavy (non-hydrogen) atoms. The van der Waals surface area contributed by atoms with Crippen molar-refractivity contribution in [2.24, 2.45) is 0 Å². The molecule has 2 fully saturated rings. The molecule has 7 heteroatoms. The van der Waals surface area contributed by atoms with Gasteiger partial charge in [0.2, 0.25) is 5.91 Å². The molecule has 156 valence electrons. The van der Waals surface area contributed by atoms with Crippen molar-refractivity contribution in [3.63, 3.8) is 0 Å². The van der Waals surface area contributed by atoms with Gasteiger partial charge in [0.05, 0.1) is 12.7 Å². The molecule has 1 aromatic rings. The van der Waals surface area contributed by atoms with Crippen LogP contribution in [0.3, 0.4) is 0 Å². The molecule has 3 heterocycles. The van der Waals surface area contributed by atoms with E-state index in [0.717, 1.165) is 45.3 Å². The number of rotatable bonds is 5. The molecule has 0 spiro atoms. The van der Waals surface area contributed by atoms with Crippen LogP contribution in [0.5, 0.6) is 11.5 Å². The van der Waals surface area contributed by atoms with Gasteiger partial charge in [0.25, 0.3) is 5.91 Å². The van der Waals surface area contributed by atoms with Gasteiger partial charge in [-0.15, -0.1) is 0 Å². The number of likely N-dealkylation sites (tertiary alicyclic amines) is 2. The second-order valence-electron chi connectivity index (χ2n) is 7.82. The highest BCUT2D eigenvalue weighted by atomic mass is 16.5. The van der Waals surface area contributed by atoms with E-state index in [1.807, 2.05) is 22.0 Å².